The molecule has 0 radical (unpaired) electrons. The van der Waals surface area contributed by atoms with Crippen molar-refractivity contribution >= 4 is 11.6 Å². The van der Waals surface area contributed by atoms with E-state index in [1.807, 2.05) is 0 Å². The topological polar surface area (TPSA) is 9.23 Å². The first-order valence-electron chi connectivity index (χ1n) is 5.50. The van der Waals surface area contributed by atoms with Crippen LogP contribution < -0.4 is 4.74 Å². The van der Waals surface area contributed by atoms with Gasteiger partial charge < -0.3 is 4.74 Å². The van der Waals surface area contributed by atoms with Gasteiger partial charge in [-0.2, -0.15) is 0 Å². The molecule has 1 nitrogen and oxygen atoms in total. The van der Waals surface area contributed by atoms with Crippen molar-refractivity contribution in [2.75, 3.05) is 0 Å². The minimum Gasteiger partial charge on any atom is -0.489 e. The van der Waals surface area contributed by atoms with E-state index in [1.54, 1.807) is 6.07 Å². The molecule has 0 saturated carbocycles. The number of alkyl halides is 1. The van der Waals surface area contributed by atoms with E-state index < -0.39 is 17.5 Å². The molecular formula is C14H10ClF3O. The highest BCUT2D eigenvalue weighted by molar-refractivity contribution is 6.17. The molecule has 0 N–H and O–H groups in total. The summed E-state index contributed by atoms with van der Waals surface area (Å²) in [4.78, 5) is 0. The van der Waals surface area contributed by atoms with Crippen LogP contribution in [0.15, 0.2) is 36.4 Å². The zero-order valence-electron chi connectivity index (χ0n) is 9.80. The summed E-state index contributed by atoms with van der Waals surface area (Å²) in [6, 6.07) is 7.07. The van der Waals surface area contributed by atoms with E-state index in [-0.39, 0.29) is 23.8 Å². The maximum absolute atomic E-state index is 13.4. The van der Waals surface area contributed by atoms with Crippen molar-refractivity contribution in [3.63, 3.8) is 0 Å². The van der Waals surface area contributed by atoms with E-state index in [0.717, 1.165) is 24.3 Å². The summed E-state index contributed by atoms with van der Waals surface area (Å²) in [6.45, 7) is -0.186. The third kappa shape index (κ3) is 3.64. The van der Waals surface area contributed by atoms with Gasteiger partial charge in [-0.3, -0.25) is 0 Å². The van der Waals surface area contributed by atoms with Gasteiger partial charge in [0.1, 0.15) is 29.8 Å². The van der Waals surface area contributed by atoms with Gasteiger partial charge in [0.25, 0.3) is 0 Å². The molecule has 0 aliphatic carbocycles. The number of rotatable bonds is 4. The summed E-state index contributed by atoms with van der Waals surface area (Å²) in [5.41, 5.74) is 0.619. The summed E-state index contributed by atoms with van der Waals surface area (Å²) in [7, 11) is 0. The predicted octanol–water partition coefficient (Wildman–Crippen LogP) is 4.42. The van der Waals surface area contributed by atoms with Gasteiger partial charge in [0.05, 0.1) is 0 Å². The van der Waals surface area contributed by atoms with Crippen molar-refractivity contribution in [1.29, 1.82) is 0 Å². The Bertz CT molecular complexity index is 587. The third-order valence-corrected chi connectivity index (χ3v) is 2.80. The first kappa shape index (κ1) is 13.7. The molecule has 2 aromatic rings. The minimum atomic E-state index is -0.574. The zero-order chi connectivity index (χ0) is 13.8. The van der Waals surface area contributed by atoms with Gasteiger partial charge in [0.15, 0.2) is 0 Å². The fourth-order valence-corrected chi connectivity index (χ4v) is 1.75. The summed E-state index contributed by atoms with van der Waals surface area (Å²) >= 11 is 5.60. The van der Waals surface area contributed by atoms with E-state index in [4.69, 9.17) is 16.3 Å². The van der Waals surface area contributed by atoms with Crippen LogP contribution in [0.4, 0.5) is 13.2 Å². The second-order valence-electron chi connectivity index (χ2n) is 3.95. The molecule has 0 aliphatic heterocycles. The van der Waals surface area contributed by atoms with Crippen LogP contribution in [-0.2, 0) is 12.5 Å². The molecule has 0 unspecified atom stereocenters. The second kappa shape index (κ2) is 5.97. The number of hydrogen-bond acceptors (Lipinski definition) is 1. The molecule has 0 spiro atoms. The maximum Gasteiger partial charge on any atom is 0.130 e. The van der Waals surface area contributed by atoms with E-state index in [2.05, 4.69) is 0 Å². The molecular weight excluding hydrogens is 277 g/mol. The van der Waals surface area contributed by atoms with E-state index in [9.17, 15) is 13.2 Å². The second-order valence-corrected chi connectivity index (χ2v) is 4.22. The first-order chi connectivity index (χ1) is 9.08. The lowest BCUT2D eigenvalue weighted by Gasteiger charge is -2.08. The fraction of sp³-hybridized carbons (Fsp3) is 0.143. The number of ether oxygens (including phenoxy) is 1. The van der Waals surface area contributed by atoms with Crippen molar-refractivity contribution in [1.82, 2.24) is 0 Å². The van der Waals surface area contributed by atoms with Crippen LogP contribution in [0.25, 0.3) is 0 Å². The Kier molecular flexibility index (Phi) is 4.32. The molecule has 0 fully saturated rings. The highest BCUT2D eigenvalue weighted by Gasteiger charge is 2.06. The van der Waals surface area contributed by atoms with E-state index in [1.165, 1.54) is 6.07 Å². The fourth-order valence-electron chi connectivity index (χ4n) is 1.60. The molecule has 0 saturated heterocycles. The molecule has 0 amide bonds. The SMILES string of the molecule is Fc1cc(CCl)cc(OCc2cc(F)ccc2F)c1. The predicted molar refractivity (Wildman–Crippen MR) is 66.6 cm³/mol. The Morgan fingerprint density at radius 1 is 0.947 bits per heavy atom. The summed E-state index contributed by atoms with van der Waals surface area (Å²) in [5.74, 6) is -1.26. The van der Waals surface area contributed by atoms with Gasteiger partial charge >= 0.3 is 0 Å². The molecule has 2 rings (SSSR count). The smallest absolute Gasteiger partial charge is 0.130 e. The number of halogens is 4. The average Bonchev–Trinajstić information content (AvgIpc) is 2.39. The quantitative estimate of drug-likeness (QED) is 0.756. The normalized spacial score (nSPS) is 10.5. The minimum absolute atomic E-state index is 0.0664. The molecule has 0 heterocycles. The van der Waals surface area contributed by atoms with Gasteiger partial charge in [-0.1, -0.05) is 0 Å². The number of benzene rings is 2. The molecule has 19 heavy (non-hydrogen) atoms. The standard InChI is InChI=1S/C14H10ClF3O/c15-7-9-3-12(17)6-13(4-9)19-8-10-5-11(16)1-2-14(10)18/h1-6H,7-8H2. The van der Waals surface area contributed by atoms with Crippen LogP contribution in [-0.4, -0.2) is 0 Å². The van der Waals surface area contributed by atoms with Crippen LogP contribution in [0.2, 0.25) is 0 Å². The Morgan fingerprint density at radius 2 is 1.74 bits per heavy atom. The zero-order valence-corrected chi connectivity index (χ0v) is 10.6. The monoisotopic (exact) mass is 286 g/mol. The Balaban J connectivity index is 2.14. The Hall–Kier alpha value is -1.68. The van der Waals surface area contributed by atoms with Gasteiger partial charge in [-0.15, -0.1) is 11.6 Å². The average molecular weight is 287 g/mol. The Morgan fingerprint density at radius 3 is 2.47 bits per heavy atom. The van der Waals surface area contributed by atoms with Gasteiger partial charge in [0.2, 0.25) is 0 Å². The van der Waals surface area contributed by atoms with Gasteiger partial charge in [-0.05, 0) is 35.9 Å². The third-order valence-electron chi connectivity index (χ3n) is 2.49. The van der Waals surface area contributed by atoms with Gasteiger partial charge in [0, 0.05) is 17.5 Å². The molecule has 5 heteroatoms. The Labute approximate surface area is 113 Å². The van der Waals surface area contributed by atoms with Crippen molar-refractivity contribution in [3.05, 3.63) is 65.0 Å². The lowest BCUT2D eigenvalue weighted by atomic mass is 10.2. The molecule has 0 aliphatic rings. The van der Waals surface area contributed by atoms with E-state index in [0.29, 0.717) is 5.56 Å². The van der Waals surface area contributed by atoms with Crippen LogP contribution in [0.5, 0.6) is 5.75 Å². The summed E-state index contributed by atoms with van der Waals surface area (Å²) in [6.07, 6.45) is 0. The maximum atomic E-state index is 13.4. The van der Waals surface area contributed by atoms with Crippen LogP contribution >= 0.6 is 11.6 Å². The van der Waals surface area contributed by atoms with Crippen LogP contribution in [0.3, 0.4) is 0 Å². The lowest BCUT2D eigenvalue weighted by molar-refractivity contribution is 0.297. The lowest BCUT2D eigenvalue weighted by Crippen LogP contribution is -2.00. The highest BCUT2D eigenvalue weighted by atomic mass is 35.5. The van der Waals surface area contributed by atoms with Crippen molar-refractivity contribution in [2.45, 2.75) is 12.5 Å². The van der Waals surface area contributed by atoms with Gasteiger partial charge in [-0.25, -0.2) is 13.2 Å². The van der Waals surface area contributed by atoms with E-state index >= 15 is 0 Å². The molecule has 0 atom stereocenters. The summed E-state index contributed by atoms with van der Waals surface area (Å²) in [5, 5.41) is 0. The van der Waals surface area contributed by atoms with Crippen molar-refractivity contribution in [3.8, 4) is 5.75 Å². The molecule has 2 aromatic carbocycles. The van der Waals surface area contributed by atoms with Crippen molar-refractivity contribution in [2.24, 2.45) is 0 Å². The molecule has 0 bridgehead atoms. The number of hydrogen-bond donors (Lipinski definition) is 0. The first-order valence-corrected chi connectivity index (χ1v) is 6.04. The van der Waals surface area contributed by atoms with Crippen LogP contribution in [0.1, 0.15) is 11.1 Å². The summed E-state index contributed by atoms with van der Waals surface area (Å²) < 4.78 is 44.8. The highest BCUT2D eigenvalue weighted by Crippen LogP contribution is 2.20. The molecule has 0 aromatic heterocycles. The molecule has 100 valence electrons. The van der Waals surface area contributed by atoms with Crippen LogP contribution in [0, 0.1) is 17.5 Å². The largest absolute Gasteiger partial charge is 0.489 e. The van der Waals surface area contributed by atoms with Crippen molar-refractivity contribution < 1.29 is 17.9 Å².